The van der Waals surface area contributed by atoms with Gasteiger partial charge in [0.25, 0.3) is 0 Å². The fourth-order valence-corrected chi connectivity index (χ4v) is 4.24. The average molecular weight is 400 g/mol. The Morgan fingerprint density at radius 3 is 2.34 bits per heavy atom. The van der Waals surface area contributed by atoms with Crippen molar-refractivity contribution in [2.75, 3.05) is 37.6 Å². The minimum Gasteiger partial charge on any atom is -0.367 e. The van der Waals surface area contributed by atoms with E-state index in [1.54, 1.807) is 12.1 Å². The van der Waals surface area contributed by atoms with E-state index in [-0.39, 0.29) is 18.2 Å². The lowest BCUT2D eigenvalue weighted by Crippen LogP contribution is -2.53. The van der Waals surface area contributed by atoms with Crippen LogP contribution in [0.3, 0.4) is 0 Å². The monoisotopic (exact) mass is 400 g/mol. The minimum atomic E-state index is -0.725. The van der Waals surface area contributed by atoms with Crippen LogP contribution >= 0.6 is 0 Å². The number of rotatable bonds is 5. The topological polar surface area (TPSA) is 76.4 Å². The molecule has 0 aromatic heterocycles. The van der Waals surface area contributed by atoms with Gasteiger partial charge >= 0.3 is 0 Å². The van der Waals surface area contributed by atoms with Gasteiger partial charge in [-0.15, -0.1) is 0 Å². The molecule has 1 saturated carbocycles. The fraction of sp³-hybridized carbons (Fsp3) is 0.591. The molecule has 0 bridgehead atoms. The van der Waals surface area contributed by atoms with Gasteiger partial charge in [-0.1, -0.05) is 25.7 Å². The summed E-state index contributed by atoms with van der Waals surface area (Å²) in [7, 11) is 0. The van der Waals surface area contributed by atoms with Gasteiger partial charge in [-0.05, 0) is 38.0 Å². The summed E-state index contributed by atoms with van der Waals surface area (Å²) in [4.78, 5) is 27.9. The van der Waals surface area contributed by atoms with Crippen LogP contribution in [-0.4, -0.2) is 54.9 Å². The van der Waals surface area contributed by atoms with Crippen LogP contribution in [0.25, 0.3) is 0 Å². The van der Waals surface area contributed by atoms with Gasteiger partial charge in [0.2, 0.25) is 5.91 Å². The highest BCUT2D eigenvalue weighted by Gasteiger charge is 2.33. The van der Waals surface area contributed by atoms with Crippen LogP contribution in [-0.2, 0) is 4.79 Å². The first-order valence-electron chi connectivity index (χ1n) is 10.4. The summed E-state index contributed by atoms with van der Waals surface area (Å²) in [5.41, 5.74) is 0.129. The van der Waals surface area contributed by atoms with Crippen LogP contribution in [0.15, 0.2) is 18.2 Å². The van der Waals surface area contributed by atoms with Gasteiger partial charge in [-0.25, -0.2) is 4.39 Å². The molecule has 0 unspecified atom stereocenters. The van der Waals surface area contributed by atoms with E-state index in [4.69, 9.17) is 0 Å². The van der Waals surface area contributed by atoms with E-state index in [1.165, 1.54) is 13.0 Å². The zero-order valence-electron chi connectivity index (χ0n) is 17.0. The van der Waals surface area contributed by atoms with Crippen LogP contribution in [0.5, 0.6) is 0 Å². The molecular formula is C22H29FN4O2. The van der Waals surface area contributed by atoms with E-state index in [9.17, 15) is 19.2 Å². The molecule has 0 atom stereocenters. The van der Waals surface area contributed by atoms with Crippen molar-refractivity contribution in [2.24, 2.45) is 0 Å². The molecule has 6 nitrogen and oxygen atoms in total. The van der Waals surface area contributed by atoms with Crippen LogP contribution in [0.2, 0.25) is 0 Å². The van der Waals surface area contributed by atoms with E-state index >= 15 is 0 Å². The second-order valence-electron chi connectivity index (χ2n) is 8.14. The number of carbonyl (C=O) groups is 2. The number of piperazine rings is 1. The summed E-state index contributed by atoms with van der Waals surface area (Å²) < 4.78 is 14.4. The molecule has 7 heteroatoms. The van der Waals surface area contributed by atoms with E-state index in [0.717, 1.165) is 38.5 Å². The Morgan fingerprint density at radius 2 is 1.79 bits per heavy atom. The summed E-state index contributed by atoms with van der Waals surface area (Å²) >= 11 is 0. The van der Waals surface area contributed by atoms with E-state index in [2.05, 4.69) is 11.4 Å². The van der Waals surface area contributed by atoms with Crippen LogP contribution in [0.1, 0.15) is 55.8 Å². The van der Waals surface area contributed by atoms with Crippen LogP contribution < -0.4 is 10.2 Å². The van der Waals surface area contributed by atoms with Gasteiger partial charge < -0.3 is 10.2 Å². The number of hydrogen-bond donors (Lipinski definition) is 1. The summed E-state index contributed by atoms with van der Waals surface area (Å²) in [6.45, 7) is 4.16. The molecule has 1 aliphatic heterocycles. The van der Waals surface area contributed by atoms with Crippen molar-refractivity contribution in [1.29, 1.82) is 5.26 Å². The molecule has 2 aliphatic rings. The molecule has 1 aromatic carbocycles. The Hall–Kier alpha value is -2.46. The van der Waals surface area contributed by atoms with Crippen molar-refractivity contribution in [3.05, 3.63) is 29.6 Å². The summed E-state index contributed by atoms with van der Waals surface area (Å²) in [5, 5.41) is 12.6. The maximum Gasteiger partial charge on any atom is 0.235 e. The standard InChI is InChI=1S/C22H29FN4O2/c1-17(28)18-6-7-20(19(23)14-18)27-12-10-26(11-13-27)15-21(29)25-22(16-24)8-4-2-3-5-9-22/h6-7,14H,2-5,8-13,15H2,1H3,(H,25,29). The van der Waals surface area contributed by atoms with Crippen molar-refractivity contribution in [3.63, 3.8) is 0 Å². The van der Waals surface area contributed by atoms with Gasteiger partial charge in [0, 0.05) is 31.7 Å². The highest BCUT2D eigenvalue weighted by molar-refractivity contribution is 5.94. The van der Waals surface area contributed by atoms with Gasteiger partial charge in [-0.3, -0.25) is 14.5 Å². The van der Waals surface area contributed by atoms with E-state index < -0.39 is 11.4 Å². The zero-order valence-corrected chi connectivity index (χ0v) is 17.0. The zero-order chi connectivity index (χ0) is 20.9. The minimum absolute atomic E-state index is 0.112. The normalized spacial score (nSPS) is 19.8. The molecular weight excluding hydrogens is 371 g/mol. The highest BCUT2D eigenvalue weighted by atomic mass is 19.1. The highest BCUT2D eigenvalue weighted by Crippen LogP contribution is 2.27. The number of hydrogen-bond acceptors (Lipinski definition) is 5. The molecule has 1 amide bonds. The Bertz CT molecular complexity index is 788. The second-order valence-corrected chi connectivity index (χ2v) is 8.14. The lowest BCUT2D eigenvalue weighted by molar-refractivity contribution is -0.123. The molecule has 1 aliphatic carbocycles. The number of nitrogens with one attached hydrogen (secondary N) is 1. The molecule has 1 saturated heterocycles. The predicted octanol–water partition coefficient (Wildman–Crippen LogP) is 2.88. The van der Waals surface area contributed by atoms with Crippen molar-refractivity contribution in [2.45, 2.75) is 51.0 Å². The van der Waals surface area contributed by atoms with Gasteiger partial charge in [0.15, 0.2) is 5.78 Å². The molecule has 1 N–H and O–H groups in total. The molecule has 3 rings (SSSR count). The predicted molar refractivity (Wildman–Crippen MR) is 109 cm³/mol. The third kappa shape index (κ3) is 5.33. The quantitative estimate of drug-likeness (QED) is 0.608. The first-order valence-corrected chi connectivity index (χ1v) is 10.4. The van der Waals surface area contributed by atoms with Crippen molar-refractivity contribution in [1.82, 2.24) is 10.2 Å². The number of benzene rings is 1. The van der Waals surface area contributed by atoms with Crippen molar-refractivity contribution < 1.29 is 14.0 Å². The maximum absolute atomic E-state index is 14.4. The van der Waals surface area contributed by atoms with Gasteiger partial charge in [-0.2, -0.15) is 5.26 Å². The van der Waals surface area contributed by atoms with Crippen molar-refractivity contribution in [3.8, 4) is 6.07 Å². The Balaban J connectivity index is 1.52. The maximum atomic E-state index is 14.4. The lowest BCUT2D eigenvalue weighted by Gasteiger charge is -2.36. The molecule has 0 radical (unpaired) electrons. The second kappa shape index (κ2) is 9.36. The van der Waals surface area contributed by atoms with Crippen LogP contribution in [0, 0.1) is 17.1 Å². The smallest absolute Gasteiger partial charge is 0.235 e. The number of anilines is 1. The summed E-state index contributed by atoms with van der Waals surface area (Å²) in [5.74, 6) is -0.665. The number of nitriles is 1. The number of nitrogens with zero attached hydrogens (tertiary/aromatic N) is 3. The molecule has 0 spiro atoms. The Kier molecular flexibility index (Phi) is 6.86. The number of carbonyl (C=O) groups excluding carboxylic acids is 2. The largest absolute Gasteiger partial charge is 0.367 e. The fourth-order valence-electron chi connectivity index (χ4n) is 4.24. The third-order valence-corrected chi connectivity index (χ3v) is 5.98. The van der Waals surface area contributed by atoms with E-state index in [0.29, 0.717) is 37.4 Å². The SMILES string of the molecule is CC(=O)c1ccc(N2CCN(CC(=O)NC3(C#N)CCCCCC3)CC2)c(F)c1. The van der Waals surface area contributed by atoms with E-state index in [1.807, 2.05) is 9.80 Å². The van der Waals surface area contributed by atoms with Crippen LogP contribution in [0.4, 0.5) is 10.1 Å². The Morgan fingerprint density at radius 1 is 1.14 bits per heavy atom. The molecule has 2 fully saturated rings. The third-order valence-electron chi connectivity index (χ3n) is 5.98. The number of Topliss-reactive ketones (excluding diaryl/α,β-unsaturated/α-hetero) is 1. The number of amides is 1. The molecule has 156 valence electrons. The number of ketones is 1. The first kappa shape index (κ1) is 21.3. The summed E-state index contributed by atoms with van der Waals surface area (Å²) in [6, 6.07) is 6.93. The Labute approximate surface area is 171 Å². The van der Waals surface area contributed by atoms with Gasteiger partial charge in [0.1, 0.15) is 11.4 Å². The first-order chi connectivity index (χ1) is 13.9. The summed E-state index contributed by atoms with van der Waals surface area (Å²) in [6.07, 6.45) is 5.62. The molecule has 1 aromatic rings. The van der Waals surface area contributed by atoms with Gasteiger partial charge in [0.05, 0.1) is 18.3 Å². The average Bonchev–Trinajstić information content (AvgIpc) is 2.94. The molecule has 29 heavy (non-hydrogen) atoms. The lowest BCUT2D eigenvalue weighted by atomic mass is 9.92. The van der Waals surface area contributed by atoms with Crippen molar-refractivity contribution >= 4 is 17.4 Å². The molecule has 1 heterocycles. The number of halogens is 1.